The summed E-state index contributed by atoms with van der Waals surface area (Å²) in [6.07, 6.45) is -15.4. The normalized spacial score (nSPS) is 16.4. The summed E-state index contributed by atoms with van der Waals surface area (Å²) < 4.78 is 105. The predicted octanol–water partition coefficient (Wildman–Crippen LogP) is 9.04. The molecule has 10 nitrogen and oxygen atoms in total. The number of hydrogen-bond donors (Lipinski definition) is 0. The molecule has 0 spiro atoms. The molecule has 0 saturated carbocycles. The van der Waals surface area contributed by atoms with Crippen molar-refractivity contribution in [2.75, 3.05) is 26.2 Å². The fraction of sp³-hybridized carbons (Fsp3) is 0.333. The van der Waals surface area contributed by atoms with Crippen LogP contribution in [0.3, 0.4) is 0 Å². The first-order valence-electron chi connectivity index (χ1n) is 18.7. The molecule has 2 unspecified atom stereocenters. The van der Waals surface area contributed by atoms with Gasteiger partial charge in [0.15, 0.2) is 0 Å². The third-order valence-corrected chi connectivity index (χ3v) is 10.2. The first-order chi connectivity index (χ1) is 28.5. The van der Waals surface area contributed by atoms with E-state index in [2.05, 4.69) is 0 Å². The van der Waals surface area contributed by atoms with Crippen LogP contribution in [0.5, 0.6) is 11.5 Å². The second-order valence-electron chi connectivity index (χ2n) is 13.9. The van der Waals surface area contributed by atoms with Gasteiger partial charge in [-0.3, -0.25) is 9.59 Å². The molecule has 0 radical (unpaired) electrons. The van der Waals surface area contributed by atoms with Crippen LogP contribution in [0.25, 0.3) is 0 Å². The number of likely N-dealkylation sites (tertiary alicyclic amines) is 2. The lowest BCUT2D eigenvalue weighted by Crippen LogP contribution is -2.55. The molecule has 0 N–H and O–H groups in total. The molecule has 2 amide bonds. The minimum Gasteiger partial charge on any atom is -0.474 e. The van der Waals surface area contributed by atoms with Crippen molar-refractivity contribution in [3.05, 3.63) is 129 Å². The second kappa shape index (κ2) is 18.8. The minimum atomic E-state index is -4.77. The van der Waals surface area contributed by atoms with Crippen LogP contribution >= 0.6 is 23.2 Å². The summed E-state index contributed by atoms with van der Waals surface area (Å²) in [5.41, 5.74) is -2.11. The molecule has 2 heterocycles. The van der Waals surface area contributed by atoms with Gasteiger partial charge >= 0.3 is 24.3 Å². The van der Waals surface area contributed by atoms with Crippen molar-refractivity contribution in [2.24, 2.45) is 0 Å². The lowest BCUT2D eigenvalue weighted by atomic mass is 10.1. The molecular weight excluding hydrogens is 845 g/mol. The Kier molecular flexibility index (Phi) is 13.8. The summed E-state index contributed by atoms with van der Waals surface area (Å²) in [7, 11) is 0. The average molecular weight is 882 g/mol. The number of rotatable bonds is 13. The molecule has 4 atom stereocenters. The van der Waals surface area contributed by atoms with Crippen LogP contribution < -0.4 is 9.47 Å². The molecule has 60 heavy (non-hydrogen) atoms. The molecule has 318 valence electrons. The molecule has 2 saturated heterocycles. The molecule has 0 aromatic heterocycles. The highest BCUT2D eigenvalue weighted by Gasteiger charge is 2.47. The number of hydrogen-bond acceptors (Lipinski definition) is 8. The van der Waals surface area contributed by atoms with Gasteiger partial charge in [-0.2, -0.15) is 26.3 Å². The van der Waals surface area contributed by atoms with Gasteiger partial charge in [0.2, 0.25) is 24.4 Å². The lowest BCUT2D eigenvalue weighted by molar-refractivity contribution is -0.188. The maximum absolute atomic E-state index is 14.4. The lowest BCUT2D eigenvalue weighted by Gasteiger charge is -2.32. The largest absolute Gasteiger partial charge is 0.474 e. The van der Waals surface area contributed by atoms with Crippen LogP contribution in [0, 0.1) is 0 Å². The van der Waals surface area contributed by atoms with E-state index in [0.29, 0.717) is 37.8 Å². The zero-order valence-corrected chi connectivity index (χ0v) is 32.9. The van der Waals surface area contributed by atoms with Crippen LogP contribution in [0.15, 0.2) is 97.1 Å². The molecule has 0 bridgehead atoms. The fourth-order valence-corrected chi connectivity index (χ4v) is 6.89. The van der Waals surface area contributed by atoms with Gasteiger partial charge < -0.3 is 28.7 Å². The summed E-state index contributed by atoms with van der Waals surface area (Å²) in [5, 5.41) is 0.468. The molecular formula is C42H36Cl2F6N2O8. The van der Waals surface area contributed by atoms with Crippen molar-refractivity contribution in [3.63, 3.8) is 0 Å². The van der Waals surface area contributed by atoms with E-state index >= 15 is 0 Å². The molecule has 2 aliphatic heterocycles. The van der Waals surface area contributed by atoms with E-state index in [4.69, 9.17) is 42.1 Å². The first-order valence-corrected chi connectivity index (χ1v) is 19.4. The number of esters is 2. The van der Waals surface area contributed by atoms with Crippen molar-refractivity contribution < 1.29 is 64.5 Å². The van der Waals surface area contributed by atoms with Crippen LogP contribution in [0.2, 0.25) is 10.0 Å². The monoisotopic (exact) mass is 880 g/mol. The number of carbonyl (C=O) groups excluding carboxylic acids is 4. The molecule has 4 aromatic rings. The van der Waals surface area contributed by atoms with Crippen LogP contribution in [0.4, 0.5) is 26.3 Å². The topological polar surface area (TPSA) is 112 Å². The van der Waals surface area contributed by atoms with Crippen LogP contribution in [-0.4, -0.2) is 71.9 Å². The number of ether oxygens (including phenoxy) is 4. The Morgan fingerprint density at radius 3 is 1.17 bits per heavy atom. The Morgan fingerprint density at radius 1 is 0.517 bits per heavy atom. The summed E-state index contributed by atoms with van der Waals surface area (Å²) in [6.45, 7) is 0.718. The number of benzene rings is 4. The van der Waals surface area contributed by atoms with E-state index in [1.165, 1.54) is 70.5 Å². The third kappa shape index (κ3) is 11.0. The van der Waals surface area contributed by atoms with Crippen molar-refractivity contribution in [2.45, 2.75) is 62.5 Å². The highest BCUT2D eigenvalue weighted by atomic mass is 35.5. The van der Waals surface area contributed by atoms with E-state index in [0.717, 1.165) is 24.3 Å². The standard InChI is InChI=1S/C42H36Cl2F6N2O8/c43-29-15-11-25(12-16-29)33(57-31-9-5-7-27(23-31)41(45,46)47)39(55)59-35(37(53)51-19-1-2-20-51)36(38(54)52-21-3-4-22-52)60-40(56)34(26-13-17-30(44)18-14-26)58-32-10-6-8-28(24-32)42(48,49)50/h5-18,23-24,33-36H,1-4,19-22H2/t33-,34?,35+,36?/m1/s1. The molecule has 2 fully saturated rings. The molecule has 4 aromatic carbocycles. The molecule has 18 heteroatoms. The molecule has 6 rings (SSSR count). The number of halogens is 8. The van der Waals surface area contributed by atoms with Gasteiger partial charge in [0.05, 0.1) is 11.1 Å². The van der Waals surface area contributed by atoms with E-state index in [9.17, 15) is 45.5 Å². The Morgan fingerprint density at radius 2 is 0.850 bits per heavy atom. The molecule has 0 aliphatic carbocycles. The summed E-state index contributed by atoms with van der Waals surface area (Å²) in [4.78, 5) is 60.1. The maximum atomic E-state index is 14.4. The zero-order valence-electron chi connectivity index (χ0n) is 31.4. The number of carbonyl (C=O) groups is 4. The summed E-state index contributed by atoms with van der Waals surface area (Å²) in [5.74, 6) is -5.37. The summed E-state index contributed by atoms with van der Waals surface area (Å²) in [6, 6.07) is 18.2. The second-order valence-corrected chi connectivity index (χ2v) is 14.8. The number of alkyl halides is 6. The highest BCUT2D eigenvalue weighted by molar-refractivity contribution is 6.30. The SMILES string of the molecule is O=C(OC(C(=O)N1CCCC1)[C@H](OC(=O)[C@H](Oc1cccc(C(F)(F)F)c1)c1ccc(Cl)cc1)C(=O)N1CCCC1)C(Oc1cccc(C(F)(F)F)c1)c1ccc(Cl)cc1. The highest BCUT2D eigenvalue weighted by Crippen LogP contribution is 2.36. The van der Waals surface area contributed by atoms with Gasteiger partial charge in [-0.25, -0.2) is 9.59 Å². The maximum Gasteiger partial charge on any atom is 0.416 e. The third-order valence-electron chi connectivity index (χ3n) is 9.69. The first kappa shape index (κ1) is 44.1. The smallest absolute Gasteiger partial charge is 0.416 e. The summed E-state index contributed by atoms with van der Waals surface area (Å²) >= 11 is 12.2. The minimum absolute atomic E-state index is 0.0332. The Bertz CT molecular complexity index is 2010. The van der Waals surface area contributed by atoms with E-state index < -0.39 is 83.1 Å². The van der Waals surface area contributed by atoms with Crippen molar-refractivity contribution in [1.29, 1.82) is 0 Å². The van der Waals surface area contributed by atoms with E-state index in [1.54, 1.807) is 0 Å². The number of nitrogens with zero attached hydrogens (tertiary/aromatic N) is 2. The van der Waals surface area contributed by atoms with Gasteiger partial charge in [0.1, 0.15) is 11.5 Å². The van der Waals surface area contributed by atoms with Crippen molar-refractivity contribution in [1.82, 2.24) is 9.80 Å². The quantitative estimate of drug-likeness (QED) is 0.0967. The van der Waals surface area contributed by atoms with E-state index in [1.807, 2.05) is 0 Å². The predicted molar refractivity (Wildman–Crippen MR) is 204 cm³/mol. The van der Waals surface area contributed by atoms with Gasteiger partial charge in [-0.1, -0.05) is 59.6 Å². The number of amides is 2. The Hall–Kier alpha value is -5.48. The van der Waals surface area contributed by atoms with Gasteiger partial charge in [-0.05, 0) is 86.3 Å². The Balaban J connectivity index is 1.40. The average Bonchev–Trinajstić information content (AvgIpc) is 3.97. The fourth-order valence-electron chi connectivity index (χ4n) is 6.64. The molecule has 2 aliphatic rings. The van der Waals surface area contributed by atoms with Crippen LogP contribution in [-0.2, 0) is 41.0 Å². The van der Waals surface area contributed by atoms with Crippen molar-refractivity contribution >= 4 is 47.0 Å². The van der Waals surface area contributed by atoms with Gasteiger partial charge in [0.25, 0.3) is 11.8 Å². The van der Waals surface area contributed by atoms with Gasteiger partial charge in [-0.15, -0.1) is 0 Å². The van der Waals surface area contributed by atoms with E-state index in [-0.39, 0.29) is 47.4 Å². The van der Waals surface area contributed by atoms with Crippen molar-refractivity contribution in [3.8, 4) is 11.5 Å². The Labute approximate surface area is 349 Å². The van der Waals surface area contributed by atoms with Crippen LogP contribution in [0.1, 0.15) is 60.1 Å². The zero-order chi connectivity index (χ0) is 43.2. The van der Waals surface area contributed by atoms with Gasteiger partial charge in [0, 0.05) is 47.4 Å².